The molecule has 2 atom stereocenters. The van der Waals surface area contributed by atoms with Crippen molar-refractivity contribution >= 4 is 0 Å². The molecule has 2 nitrogen and oxygen atoms in total. The normalized spacial score (nSPS) is 29.7. The summed E-state index contributed by atoms with van der Waals surface area (Å²) in [5.41, 5.74) is 8.22. The number of rotatable bonds is 0. The largest absolute Gasteiger partial charge is 0.387 e. The zero-order chi connectivity index (χ0) is 10.3. The van der Waals surface area contributed by atoms with Crippen LogP contribution in [0.4, 0.5) is 0 Å². The first-order valence-corrected chi connectivity index (χ1v) is 5.05. The molecule has 0 saturated heterocycles. The molecule has 0 heterocycles. The lowest BCUT2D eigenvalue weighted by Crippen LogP contribution is -2.41. The highest BCUT2D eigenvalue weighted by atomic mass is 16.3. The first kappa shape index (κ1) is 9.69. The number of nitrogens with two attached hydrogens (primary N) is 1. The molecule has 1 aromatic rings. The average Bonchev–Trinajstić information content (AvgIpc) is 2.14. The average molecular weight is 191 g/mol. The van der Waals surface area contributed by atoms with Crippen molar-refractivity contribution in [2.24, 2.45) is 5.73 Å². The van der Waals surface area contributed by atoms with Crippen LogP contribution in [0, 0.1) is 0 Å². The van der Waals surface area contributed by atoms with Crippen molar-refractivity contribution in [3.63, 3.8) is 0 Å². The van der Waals surface area contributed by atoms with Crippen LogP contribution in [-0.4, -0.2) is 11.1 Å². The molecule has 1 aromatic carbocycles. The number of hydrogen-bond donors (Lipinski definition) is 2. The molecule has 0 bridgehead atoms. The molecule has 76 valence electrons. The molecule has 0 aliphatic heterocycles. The summed E-state index contributed by atoms with van der Waals surface area (Å²) in [6, 6.07) is 7.89. The van der Waals surface area contributed by atoms with Gasteiger partial charge in [0, 0.05) is 6.04 Å². The number of aliphatic hydroxyl groups excluding tert-OH is 1. The van der Waals surface area contributed by atoms with E-state index in [4.69, 9.17) is 5.73 Å². The van der Waals surface area contributed by atoms with E-state index in [2.05, 4.69) is 19.9 Å². The van der Waals surface area contributed by atoms with Crippen molar-refractivity contribution in [1.29, 1.82) is 0 Å². The Morgan fingerprint density at radius 3 is 2.71 bits per heavy atom. The maximum Gasteiger partial charge on any atom is 0.0944 e. The second-order valence-electron chi connectivity index (χ2n) is 4.78. The molecule has 0 saturated carbocycles. The Balaban J connectivity index is 2.56. The van der Waals surface area contributed by atoms with Crippen molar-refractivity contribution < 1.29 is 5.11 Å². The standard InChI is InChI=1S/C12H17NO/c1-12(2)7-10(13)11(14)8-5-3-4-6-9(8)12/h3-6,10-11,14H,7,13H2,1-2H3. The van der Waals surface area contributed by atoms with Gasteiger partial charge < -0.3 is 10.8 Å². The van der Waals surface area contributed by atoms with Crippen molar-refractivity contribution in [2.45, 2.75) is 37.8 Å². The molecule has 3 N–H and O–H groups in total. The molecular weight excluding hydrogens is 174 g/mol. The van der Waals surface area contributed by atoms with Gasteiger partial charge in [-0.05, 0) is 23.0 Å². The third-order valence-corrected chi connectivity index (χ3v) is 3.16. The summed E-state index contributed by atoms with van der Waals surface area (Å²) in [4.78, 5) is 0. The highest BCUT2D eigenvalue weighted by Crippen LogP contribution is 2.40. The van der Waals surface area contributed by atoms with Crippen LogP contribution < -0.4 is 5.73 Å². The third kappa shape index (κ3) is 1.35. The van der Waals surface area contributed by atoms with Gasteiger partial charge in [0.15, 0.2) is 0 Å². The van der Waals surface area contributed by atoms with E-state index in [-0.39, 0.29) is 11.5 Å². The van der Waals surface area contributed by atoms with Crippen molar-refractivity contribution in [2.75, 3.05) is 0 Å². The quantitative estimate of drug-likeness (QED) is 0.656. The Morgan fingerprint density at radius 2 is 2.00 bits per heavy atom. The van der Waals surface area contributed by atoms with Gasteiger partial charge in [0.05, 0.1) is 6.10 Å². The van der Waals surface area contributed by atoms with Gasteiger partial charge >= 0.3 is 0 Å². The Kier molecular flexibility index (Phi) is 2.13. The summed E-state index contributed by atoms with van der Waals surface area (Å²) in [6.45, 7) is 4.36. The van der Waals surface area contributed by atoms with Gasteiger partial charge in [-0.3, -0.25) is 0 Å². The fraction of sp³-hybridized carbons (Fsp3) is 0.500. The summed E-state index contributed by atoms with van der Waals surface area (Å²) < 4.78 is 0. The maximum absolute atomic E-state index is 9.94. The van der Waals surface area contributed by atoms with Crippen LogP contribution in [0.5, 0.6) is 0 Å². The predicted octanol–water partition coefficient (Wildman–Crippen LogP) is 1.73. The molecule has 0 fully saturated rings. The molecule has 0 amide bonds. The summed E-state index contributed by atoms with van der Waals surface area (Å²) in [6.07, 6.45) is 0.338. The lowest BCUT2D eigenvalue weighted by molar-refractivity contribution is 0.116. The van der Waals surface area contributed by atoms with Crippen LogP contribution in [-0.2, 0) is 5.41 Å². The number of aliphatic hydroxyl groups is 1. The van der Waals surface area contributed by atoms with E-state index in [9.17, 15) is 5.11 Å². The summed E-state index contributed by atoms with van der Waals surface area (Å²) >= 11 is 0. The fourth-order valence-corrected chi connectivity index (χ4v) is 2.41. The van der Waals surface area contributed by atoms with Gasteiger partial charge in [-0.25, -0.2) is 0 Å². The second kappa shape index (κ2) is 3.07. The Bertz CT molecular complexity index is 346. The molecule has 14 heavy (non-hydrogen) atoms. The van der Waals surface area contributed by atoms with E-state index >= 15 is 0 Å². The zero-order valence-corrected chi connectivity index (χ0v) is 8.70. The molecule has 2 rings (SSSR count). The maximum atomic E-state index is 9.94. The van der Waals surface area contributed by atoms with Crippen LogP contribution in [0.25, 0.3) is 0 Å². The fourth-order valence-electron chi connectivity index (χ4n) is 2.41. The third-order valence-electron chi connectivity index (χ3n) is 3.16. The van der Waals surface area contributed by atoms with E-state index in [0.29, 0.717) is 0 Å². The molecule has 0 spiro atoms. The summed E-state index contributed by atoms with van der Waals surface area (Å²) in [5, 5.41) is 9.94. The van der Waals surface area contributed by atoms with Gasteiger partial charge in [-0.1, -0.05) is 38.1 Å². The summed E-state index contributed by atoms with van der Waals surface area (Å²) in [7, 11) is 0. The van der Waals surface area contributed by atoms with Crippen molar-refractivity contribution in [3.05, 3.63) is 35.4 Å². The van der Waals surface area contributed by atoms with Crippen molar-refractivity contribution in [3.8, 4) is 0 Å². The lowest BCUT2D eigenvalue weighted by Gasteiger charge is -2.38. The van der Waals surface area contributed by atoms with Crippen LogP contribution >= 0.6 is 0 Å². The highest BCUT2D eigenvalue weighted by Gasteiger charge is 2.36. The predicted molar refractivity (Wildman–Crippen MR) is 57.0 cm³/mol. The van der Waals surface area contributed by atoms with E-state index < -0.39 is 6.10 Å². The van der Waals surface area contributed by atoms with E-state index in [1.807, 2.05) is 18.2 Å². The van der Waals surface area contributed by atoms with E-state index in [1.54, 1.807) is 0 Å². The van der Waals surface area contributed by atoms with Gasteiger partial charge in [-0.2, -0.15) is 0 Å². The minimum Gasteiger partial charge on any atom is -0.387 e. The number of fused-ring (bicyclic) bond motifs is 1. The Morgan fingerprint density at radius 1 is 1.36 bits per heavy atom. The van der Waals surface area contributed by atoms with Crippen molar-refractivity contribution in [1.82, 2.24) is 0 Å². The van der Waals surface area contributed by atoms with Crippen LogP contribution in [0.3, 0.4) is 0 Å². The molecule has 0 radical (unpaired) electrons. The molecule has 1 aliphatic rings. The van der Waals surface area contributed by atoms with Gasteiger partial charge in [0.1, 0.15) is 0 Å². The smallest absolute Gasteiger partial charge is 0.0944 e. The minimum atomic E-state index is -0.501. The van der Waals surface area contributed by atoms with Gasteiger partial charge in [0.25, 0.3) is 0 Å². The minimum absolute atomic E-state index is 0.0786. The van der Waals surface area contributed by atoms with Crippen LogP contribution in [0.2, 0.25) is 0 Å². The highest BCUT2D eigenvalue weighted by molar-refractivity contribution is 5.38. The summed E-state index contributed by atoms with van der Waals surface area (Å²) in [5.74, 6) is 0. The second-order valence-corrected chi connectivity index (χ2v) is 4.78. The molecular formula is C12H17NO. The zero-order valence-electron chi connectivity index (χ0n) is 8.70. The number of hydrogen-bond acceptors (Lipinski definition) is 2. The molecule has 0 aromatic heterocycles. The van der Waals surface area contributed by atoms with Gasteiger partial charge in [-0.15, -0.1) is 0 Å². The van der Waals surface area contributed by atoms with Crippen LogP contribution in [0.15, 0.2) is 24.3 Å². The van der Waals surface area contributed by atoms with E-state index in [0.717, 1.165) is 12.0 Å². The monoisotopic (exact) mass is 191 g/mol. The first-order chi connectivity index (χ1) is 6.52. The molecule has 2 heteroatoms. The lowest BCUT2D eigenvalue weighted by atomic mass is 9.70. The van der Waals surface area contributed by atoms with Gasteiger partial charge in [0.2, 0.25) is 0 Å². The Hall–Kier alpha value is -0.860. The number of benzene rings is 1. The first-order valence-electron chi connectivity index (χ1n) is 5.05. The SMILES string of the molecule is CC1(C)CC(N)C(O)c2ccccc21. The molecule has 1 aliphatic carbocycles. The topological polar surface area (TPSA) is 46.2 Å². The van der Waals surface area contributed by atoms with Crippen LogP contribution in [0.1, 0.15) is 37.5 Å². The van der Waals surface area contributed by atoms with E-state index in [1.165, 1.54) is 5.56 Å². The molecule has 2 unspecified atom stereocenters. The Labute approximate surface area is 84.7 Å².